The van der Waals surface area contributed by atoms with E-state index in [1.165, 1.54) is 38.5 Å². The molecule has 4 saturated carbocycles. The van der Waals surface area contributed by atoms with Crippen LogP contribution in [0.25, 0.3) is 0 Å². The molecule has 0 amide bonds. The van der Waals surface area contributed by atoms with Gasteiger partial charge >= 0.3 is 0 Å². The highest BCUT2D eigenvalue weighted by Gasteiger charge is 2.51. The second-order valence-electron chi connectivity index (χ2n) is 7.22. The molecule has 1 aromatic heterocycles. The summed E-state index contributed by atoms with van der Waals surface area (Å²) in [6.45, 7) is 0.446. The van der Waals surface area contributed by atoms with Gasteiger partial charge in [-0.1, -0.05) is 0 Å². The number of hydrogen-bond donors (Lipinski definition) is 0. The lowest BCUT2D eigenvalue weighted by Gasteiger charge is -2.56. The Morgan fingerprint density at radius 1 is 1.21 bits per heavy atom. The SMILES string of the molecule is N#CCn1ccnc1CC12CC3CC(CC(C3)C1)C2. The van der Waals surface area contributed by atoms with Gasteiger partial charge in [0.2, 0.25) is 0 Å². The predicted molar refractivity (Wildman–Crippen MR) is 72.1 cm³/mol. The van der Waals surface area contributed by atoms with E-state index in [2.05, 4.69) is 11.1 Å². The normalized spacial score (nSPS) is 39.4. The van der Waals surface area contributed by atoms with Gasteiger partial charge in [-0.2, -0.15) is 5.26 Å². The Balaban J connectivity index is 1.59. The van der Waals surface area contributed by atoms with Crippen LogP contribution in [0.4, 0.5) is 0 Å². The zero-order valence-electron chi connectivity index (χ0n) is 11.4. The molecule has 1 aromatic rings. The summed E-state index contributed by atoms with van der Waals surface area (Å²) in [5.41, 5.74) is 0.521. The molecule has 1 heterocycles. The molecule has 19 heavy (non-hydrogen) atoms. The van der Waals surface area contributed by atoms with E-state index in [1.54, 1.807) is 0 Å². The third-order valence-corrected chi connectivity index (χ3v) is 5.74. The van der Waals surface area contributed by atoms with E-state index < -0.39 is 0 Å². The maximum atomic E-state index is 8.89. The minimum atomic E-state index is 0.446. The molecule has 3 heteroatoms. The molecule has 4 aliphatic rings. The fourth-order valence-electron chi connectivity index (χ4n) is 5.57. The van der Waals surface area contributed by atoms with Crippen molar-refractivity contribution >= 4 is 0 Å². The summed E-state index contributed by atoms with van der Waals surface area (Å²) in [4.78, 5) is 4.52. The van der Waals surface area contributed by atoms with Crippen LogP contribution in [0.15, 0.2) is 12.4 Å². The fourth-order valence-corrected chi connectivity index (χ4v) is 5.57. The Morgan fingerprint density at radius 3 is 2.42 bits per heavy atom. The summed E-state index contributed by atoms with van der Waals surface area (Å²) in [7, 11) is 0. The molecule has 0 aromatic carbocycles. The third kappa shape index (κ3) is 1.89. The third-order valence-electron chi connectivity index (χ3n) is 5.74. The molecule has 0 saturated heterocycles. The van der Waals surface area contributed by atoms with Crippen molar-refractivity contribution in [3.05, 3.63) is 18.2 Å². The summed E-state index contributed by atoms with van der Waals surface area (Å²) in [6, 6.07) is 2.24. The molecule has 100 valence electrons. The molecule has 0 atom stereocenters. The minimum absolute atomic E-state index is 0.446. The maximum Gasteiger partial charge on any atom is 0.111 e. The minimum Gasteiger partial charge on any atom is -0.321 e. The maximum absolute atomic E-state index is 8.89. The van der Waals surface area contributed by atoms with Crippen LogP contribution in [0.2, 0.25) is 0 Å². The lowest BCUT2D eigenvalue weighted by molar-refractivity contribution is -0.0534. The molecule has 0 aliphatic heterocycles. The molecule has 0 unspecified atom stereocenters. The summed E-state index contributed by atoms with van der Waals surface area (Å²) >= 11 is 0. The predicted octanol–water partition coefficient (Wildman–Crippen LogP) is 3.17. The van der Waals surface area contributed by atoms with Crippen molar-refractivity contribution in [2.75, 3.05) is 0 Å². The number of rotatable bonds is 3. The lowest BCUT2D eigenvalue weighted by Crippen LogP contribution is -2.47. The van der Waals surface area contributed by atoms with E-state index >= 15 is 0 Å². The van der Waals surface area contributed by atoms with E-state index in [0.717, 1.165) is 30.0 Å². The molecule has 4 bridgehead atoms. The largest absolute Gasteiger partial charge is 0.321 e. The number of nitriles is 1. The van der Waals surface area contributed by atoms with Crippen molar-refractivity contribution in [3.63, 3.8) is 0 Å². The van der Waals surface area contributed by atoms with E-state index in [0.29, 0.717) is 12.0 Å². The van der Waals surface area contributed by atoms with Gasteiger partial charge in [-0.25, -0.2) is 4.98 Å². The number of hydrogen-bond acceptors (Lipinski definition) is 2. The van der Waals surface area contributed by atoms with E-state index in [9.17, 15) is 0 Å². The van der Waals surface area contributed by atoms with Gasteiger partial charge < -0.3 is 4.57 Å². The van der Waals surface area contributed by atoms with Crippen LogP contribution in [-0.2, 0) is 13.0 Å². The molecule has 0 N–H and O–H groups in total. The zero-order chi connectivity index (χ0) is 12.9. The van der Waals surface area contributed by atoms with Crippen LogP contribution in [0.1, 0.15) is 44.3 Å². The molecule has 5 rings (SSSR count). The van der Waals surface area contributed by atoms with E-state index in [-0.39, 0.29) is 0 Å². The quantitative estimate of drug-likeness (QED) is 0.832. The smallest absolute Gasteiger partial charge is 0.111 e. The molecule has 4 fully saturated rings. The first-order chi connectivity index (χ1) is 9.26. The van der Waals surface area contributed by atoms with Crippen molar-refractivity contribution in [2.45, 2.75) is 51.5 Å². The van der Waals surface area contributed by atoms with Crippen molar-refractivity contribution in [1.82, 2.24) is 9.55 Å². The van der Waals surface area contributed by atoms with Gasteiger partial charge in [0.25, 0.3) is 0 Å². The second-order valence-corrected chi connectivity index (χ2v) is 7.22. The van der Waals surface area contributed by atoms with Crippen LogP contribution in [0.5, 0.6) is 0 Å². The standard InChI is InChI=1S/C16H21N3/c17-1-3-19-4-2-18-15(19)11-16-8-12-5-13(9-16)7-14(6-12)10-16/h2,4,12-14H,3,5-11H2. The topological polar surface area (TPSA) is 41.6 Å². The first-order valence-electron chi connectivity index (χ1n) is 7.63. The average Bonchev–Trinajstić information content (AvgIpc) is 2.74. The van der Waals surface area contributed by atoms with Gasteiger partial charge in [0.05, 0.1) is 6.07 Å². The Labute approximate surface area is 114 Å². The average molecular weight is 255 g/mol. The molecule has 4 aliphatic carbocycles. The van der Waals surface area contributed by atoms with Gasteiger partial charge in [-0.15, -0.1) is 0 Å². The highest BCUT2D eigenvalue weighted by Crippen LogP contribution is 2.60. The van der Waals surface area contributed by atoms with Crippen molar-refractivity contribution < 1.29 is 0 Å². The summed E-state index contributed by atoms with van der Waals surface area (Å²) in [5.74, 6) is 4.12. The van der Waals surface area contributed by atoms with Gasteiger partial charge in [0.1, 0.15) is 12.4 Å². The highest BCUT2D eigenvalue weighted by atomic mass is 15.1. The molecular formula is C16H21N3. The number of aromatic nitrogens is 2. The van der Waals surface area contributed by atoms with Crippen LogP contribution in [0.3, 0.4) is 0 Å². The Hall–Kier alpha value is -1.30. The van der Waals surface area contributed by atoms with Crippen molar-refractivity contribution in [2.24, 2.45) is 23.2 Å². The zero-order valence-corrected chi connectivity index (χ0v) is 11.4. The molecular weight excluding hydrogens is 234 g/mol. The number of imidazole rings is 1. The first-order valence-corrected chi connectivity index (χ1v) is 7.63. The van der Waals surface area contributed by atoms with Crippen molar-refractivity contribution in [1.29, 1.82) is 5.26 Å². The monoisotopic (exact) mass is 255 g/mol. The van der Waals surface area contributed by atoms with Gasteiger partial charge in [-0.05, 0) is 61.7 Å². The molecule has 0 spiro atoms. The fraction of sp³-hybridized carbons (Fsp3) is 0.750. The summed E-state index contributed by atoms with van der Waals surface area (Å²) < 4.78 is 2.04. The van der Waals surface area contributed by atoms with Gasteiger partial charge in [-0.3, -0.25) is 0 Å². The Kier molecular flexibility index (Phi) is 2.48. The highest BCUT2D eigenvalue weighted by molar-refractivity contribution is 5.07. The van der Waals surface area contributed by atoms with E-state index in [4.69, 9.17) is 5.26 Å². The van der Waals surface area contributed by atoms with E-state index in [1.807, 2.05) is 17.0 Å². The lowest BCUT2D eigenvalue weighted by atomic mass is 9.49. The van der Waals surface area contributed by atoms with Crippen LogP contribution in [-0.4, -0.2) is 9.55 Å². The summed E-state index contributed by atoms with van der Waals surface area (Å²) in [5, 5.41) is 8.89. The Morgan fingerprint density at radius 2 is 1.84 bits per heavy atom. The van der Waals surface area contributed by atoms with Crippen molar-refractivity contribution in [3.8, 4) is 6.07 Å². The number of nitrogens with zero attached hydrogens (tertiary/aromatic N) is 3. The van der Waals surface area contributed by atoms with Crippen LogP contribution >= 0.6 is 0 Å². The van der Waals surface area contributed by atoms with Crippen LogP contribution in [0, 0.1) is 34.5 Å². The summed E-state index contributed by atoms with van der Waals surface area (Å²) in [6.07, 6.45) is 13.6. The second kappa shape index (κ2) is 4.10. The first kappa shape index (κ1) is 11.5. The van der Waals surface area contributed by atoms with Crippen LogP contribution < -0.4 is 0 Å². The molecule has 3 nitrogen and oxygen atoms in total. The van der Waals surface area contributed by atoms with Gasteiger partial charge in [0, 0.05) is 18.8 Å². The Bertz CT molecular complexity index is 487. The molecule has 0 radical (unpaired) electrons. The van der Waals surface area contributed by atoms with Gasteiger partial charge in [0.15, 0.2) is 0 Å².